The number of halogens is 2. The van der Waals surface area contributed by atoms with E-state index in [4.69, 9.17) is 10.5 Å². The first-order valence-electron chi connectivity index (χ1n) is 7.62. The predicted octanol–water partition coefficient (Wildman–Crippen LogP) is 3.89. The number of amides is 1. The molecule has 2 aromatic carbocycles. The van der Waals surface area contributed by atoms with Crippen molar-refractivity contribution < 1.29 is 13.9 Å². The molecule has 0 radical (unpaired) electrons. The van der Waals surface area contributed by atoms with E-state index < -0.39 is 6.04 Å². The van der Waals surface area contributed by atoms with Crippen molar-refractivity contribution in [2.75, 3.05) is 5.32 Å². The number of ether oxygens (including phenoxy) is 1. The number of carbonyl (C=O) groups excluding carboxylic acids is 1. The van der Waals surface area contributed by atoms with Crippen molar-refractivity contribution in [3.05, 3.63) is 59.9 Å². The van der Waals surface area contributed by atoms with Gasteiger partial charge in [0.2, 0.25) is 5.91 Å². The smallest absolute Gasteiger partial charge is 0.241 e. The van der Waals surface area contributed by atoms with E-state index in [9.17, 15) is 9.18 Å². The molecular weight excluding hydrogens is 331 g/mol. The Hall–Kier alpha value is -2.11. The molecule has 0 aliphatic heterocycles. The molecule has 24 heavy (non-hydrogen) atoms. The van der Waals surface area contributed by atoms with Crippen molar-refractivity contribution >= 4 is 24.0 Å². The molecule has 0 bridgehead atoms. The van der Waals surface area contributed by atoms with Gasteiger partial charge in [0.05, 0.1) is 6.04 Å². The molecule has 1 unspecified atom stereocenters. The monoisotopic (exact) mass is 352 g/mol. The SMILES string of the molecule is CCCC(N)C(=O)Nc1cccc(OCc2ccc(F)cc2)c1.Cl. The minimum Gasteiger partial charge on any atom is -0.489 e. The number of nitrogens with one attached hydrogen (secondary N) is 1. The van der Waals surface area contributed by atoms with Crippen LogP contribution in [-0.2, 0) is 11.4 Å². The number of hydrogen-bond acceptors (Lipinski definition) is 3. The average molecular weight is 353 g/mol. The summed E-state index contributed by atoms with van der Waals surface area (Å²) in [6.45, 7) is 2.31. The number of rotatable bonds is 7. The van der Waals surface area contributed by atoms with Gasteiger partial charge in [-0.25, -0.2) is 4.39 Å². The normalized spacial score (nSPS) is 11.3. The Balaban J connectivity index is 0.00000288. The Kier molecular flexibility index (Phi) is 8.22. The number of nitrogens with two attached hydrogens (primary N) is 1. The van der Waals surface area contributed by atoms with Crippen LogP contribution in [0.15, 0.2) is 48.5 Å². The molecule has 0 aliphatic rings. The highest BCUT2D eigenvalue weighted by Gasteiger charge is 2.12. The summed E-state index contributed by atoms with van der Waals surface area (Å²) >= 11 is 0. The first-order valence-corrected chi connectivity index (χ1v) is 7.62. The van der Waals surface area contributed by atoms with Crippen LogP contribution in [0.1, 0.15) is 25.3 Å². The molecule has 3 N–H and O–H groups in total. The minimum absolute atomic E-state index is 0. The Morgan fingerprint density at radius 1 is 1.25 bits per heavy atom. The second kappa shape index (κ2) is 9.90. The molecule has 0 fully saturated rings. The third kappa shape index (κ3) is 6.18. The summed E-state index contributed by atoms with van der Waals surface area (Å²) in [6.07, 6.45) is 1.50. The quantitative estimate of drug-likeness (QED) is 0.794. The molecule has 1 amide bonds. The van der Waals surface area contributed by atoms with E-state index in [0.29, 0.717) is 24.5 Å². The Labute approximate surface area is 147 Å². The van der Waals surface area contributed by atoms with Crippen molar-refractivity contribution in [3.63, 3.8) is 0 Å². The van der Waals surface area contributed by atoms with Gasteiger partial charge in [0.1, 0.15) is 18.2 Å². The van der Waals surface area contributed by atoms with Gasteiger partial charge >= 0.3 is 0 Å². The molecule has 1 atom stereocenters. The van der Waals surface area contributed by atoms with Gasteiger partial charge in [0.25, 0.3) is 0 Å². The summed E-state index contributed by atoms with van der Waals surface area (Å²) in [7, 11) is 0. The van der Waals surface area contributed by atoms with Crippen LogP contribution in [0.3, 0.4) is 0 Å². The van der Waals surface area contributed by atoms with Gasteiger partial charge in [-0.15, -0.1) is 12.4 Å². The lowest BCUT2D eigenvalue weighted by molar-refractivity contribution is -0.117. The standard InChI is InChI=1S/C18H21FN2O2.ClH/c1-2-4-17(20)18(22)21-15-5-3-6-16(11-15)23-12-13-7-9-14(19)10-8-13;/h3,5-11,17H,2,4,12,20H2,1H3,(H,21,22);1H. The first kappa shape index (κ1) is 19.9. The Bertz CT molecular complexity index is 650. The highest BCUT2D eigenvalue weighted by Crippen LogP contribution is 2.19. The van der Waals surface area contributed by atoms with E-state index in [2.05, 4.69) is 5.32 Å². The van der Waals surface area contributed by atoms with E-state index in [1.54, 1.807) is 36.4 Å². The molecule has 0 aliphatic carbocycles. The predicted molar refractivity (Wildman–Crippen MR) is 95.9 cm³/mol. The molecule has 130 valence electrons. The third-order valence-electron chi connectivity index (χ3n) is 3.36. The Morgan fingerprint density at radius 2 is 1.96 bits per heavy atom. The molecule has 0 saturated heterocycles. The summed E-state index contributed by atoms with van der Waals surface area (Å²) in [4.78, 5) is 11.9. The summed E-state index contributed by atoms with van der Waals surface area (Å²) in [5.74, 6) is 0.139. The lowest BCUT2D eigenvalue weighted by Gasteiger charge is -2.12. The molecule has 0 saturated carbocycles. The highest BCUT2D eigenvalue weighted by molar-refractivity contribution is 5.94. The van der Waals surface area contributed by atoms with E-state index in [0.717, 1.165) is 12.0 Å². The van der Waals surface area contributed by atoms with Crippen LogP contribution >= 0.6 is 12.4 Å². The highest BCUT2D eigenvalue weighted by atomic mass is 35.5. The van der Waals surface area contributed by atoms with Crippen molar-refractivity contribution in [2.24, 2.45) is 5.73 Å². The lowest BCUT2D eigenvalue weighted by atomic mass is 10.1. The van der Waals surface area contributed by atoms with Gasteiger partial charge in [0, 0.05) is 11.8 Å². The van der Waals surface area contributed by atoms with Crippen molar-refractivity contribution in [1.82, 2.24) is 0 Å². The molecule has 6 heteroatoms. The maximum Gasteiger partial charge on any atom is 0.241 e. The van der Waals surface area contributed by atoms with E-state index >= 15 is 0 Å². The summed E-state index contributed by atoms with van der Waals surface area (Å²) in [5, 5.41) is 2.78. The molecule has 0 spiro atoms. The van der Waals surface area contributed by atoms with Crippen LogP contribution in [0.4, 0.5) is 10.1 Å². The van der Waals surface area contributed by atoms with E-state index in [1.807, 2.05) is 6.92 Å². The fraction of sp³-hybridized carbons (Fsp3) is 0.278. The molecule has 4 nitrogen and oxygen atoms in total. The van der Waals surface area contributed by atoms with Crippen LogP contribution in [0, 0.1) is 5.82 Å². The van der Waals surface area contributed by atoms with Gasteiger partial charge in [-0.1, -0.05) is 31.5 Å². The zero-order chi connectivity index (χ0) is 16.7. The van der Waals surface area contributed by atoms with Crippen LogP contribution in [-0.4, -0.2) is 11.9 Å². The van der Waals surface area contributed by atoms with Crippen LogP contribution in [0.5, 0.6) is 5.75 Å². The van der Waals surface area contributed by atoms with Crippen molar-refractivity contribution in [3.8, 4) is 5.75 Å². The summed E-state index contributed by atoms with van der Waals surface area (Å²) in [6, 6.07) is 12.7. The largest absolute Gasteiger partial charge is 0.489 e. The molecule has 0 aromatic heterocycles. The zero-order valence-corrected chi connectivity index (χ0v) is 14.3. The second-order valence-corrected chi connectivity index (χ2v) is 5.33. The van der Waals surface area contributed by atoms with Gasteiger partial charge in [0.15, 0.2) is 0 Å². The van der Waals surface area contributed by atoms with Crippen molar-refractivity contribution in [1.29, 1.82) is 0 Å². The van der Waals surface area contributed by atoms with E-state index in [-0.39, 0.29) is 24.1 Å². The average Bonchev–Trinajstić information content (AvgIpc) is 2.55. The number of hydrogen-bond donors (Lipinski definition) is 2. The van der Waals surface area contributed by atoms with Crippen molar-refractivity contribution in [2.45, 2.75) is 32.4 Å². The summed E-state index contributed by atoms with van der Waals surface area (Å²) in [5.41, 5.74) is 7.29. The molecule has 2 aromatic rings. The number of carbonyl (C=O) groups is 1. The Morgan fingerprint density at radius 3 is 2.62 bits per heavy atom. The lowest BCUT2D eigenvalue weighted by Crippen LogP contribution is -2.35. The van der Waals surface area contributed by atoms with E-state index in [1.165, 1.54) is 12.1 Å². The van der Waals surface area contributed by atoms with Gasteiger partial charge in [-0.3, -0.25) is 4.79 Å². The topological polar surface area (TPSA) is 64.4 Å². The van der Waals surface area contributed by atoms with Gasteiger partial charge in [-0.2, -0.15) is 0 Å². The zero-order valence-electron chi connectivity index (χ0n) is 13.5. The van der Waals surface area contributed by atoms with Gasteiger partial charge < -0.3 is 15.8 Å². The second-order valence-electron chi connectivity index (χ2n) is 5.33. The third-order valence-corrected chi connectivity index (χ3v) is 3.36. The first-order chi connectivity index (χ1) is 11.1. The number of anilines is 1. The van der Waals surface area contributed by atoms with Crippen LogP contribution < -0.4 is 15.8 Å². The van der Waals surface area contributed by atoms with Crippen LogP contribution in [0.2, 0.25) is 0 Å². The van der Waals surface area contributed by atoms with Crippen LogP contribution in [0.25, 0.3) is 0 Å². The maximum atomic E-state index is 12.9. The molecule has 0 heterocycles. The fourth-order valence-corrected chi connectivity index (χ4v) is 2.09. The summed E-state index contributed by atoms with van der Waals surface area (Å²) < 4.78 is 18.5. The number of benzene rings is 2. The minimum atomic E-state index is -0.510. The molecular formula is C18H22ClFN2O2. The molecule has 2 rings (SSSR count). The maximum absolute atomic E-state index is 12.9. The van der Waals surface area contributed by atoms with Gasteiger partial charge in [-0.05, 0) is 36.2 Å². The fourth-order valence-electron chi connectivity index (χ4n) is 2.09.